The van der Waals surface area contributed by atoms with Gasteiger partial charge in [-0.2, -0.15) is 4.31 Å². The first kappa shape index (κ1) is 23.7. The maximum Gasteiger partial charge on any atom is 0.255 e. The monoisotopic (exact) mass is 480 g/mol. The van der Waals surface area contributed by atoms with Gasteiger partial charge in [-0.05, 0) is 55.0 Å². The highest BCUT2D eigenvalue weighted by Gasteiger charge is 2.29. The number of benzene rings is 2. The van der Waals surface area contributed by atoms with Crippen LogP contribution in [0.5, 0.6) is 0 Å². The molecule has 1 aliphatic rings. The van der Waals surface area contributed by atoms with Crippen molar-refractivity contribution in [1.29, 1.82) is 0 Å². The fourth-order valence-electron chi connectivity index (χ4n) is 3.07. The number of piperazine rings is 1. The van der Waals surface area contributed by atoms with Crippen LogP contribution in [-0.2, 0) is 24.8 Å². The molecule has 1 heterocycles. The van der Waals surface area contributed by atoms with Crippen LogP contribution in [0.25, 0.3) is 0 Å². The second-order valence-corrected chi connectivity index (χ2v) is 10.9. The van der Waals surface area contributed by atoms with Gasteiger partial charge in [0.2, 0.25) is 26.0 Å². The van der Waals surface area contributed by atoms with Gasteiger partial charge in [-0.25, -0.2) is 16.8 Å². The highest BCUT2D eigenvalue weighted by molar-refractivity contribution is 7.92. The maximum absolute atomic E-state index is 12.7. The van der Waals surface area contributed by atoms with Crippen LogP contribution in [0.4, 0.5) is 11.4 Å². The summed E-state index contributed by atoms with van der Waals surface area (Å²) >= 11 is 0. The minimum absolute atomic E-state index is 0.00698. The summed E-state index contributed by atoms with van der Waals surface area (Å²) in [5.41, 5.74) is 1.08. The van der Waals surface area contributed by atoms with E-state index in [1.54, 1.807) is 19.1 Å². The van der Waals surface area contributed by atoms with Gasteiger partial charge in [-0.1, -0.05) is 6.92 Å². The summed E-state index contributed by atoms with van der Waals surface area (Å²) in [5.74, 6) is -0.798. The highest BCUT2D eigenvalue weighted by Crippen LogP contribution is 2.19. The van der Waals surface area contributed by atoms with Gasteiger partial charge in [0, 0.05) is 30.0 Å². The molecule has 10 nitrogen and oxygen atoms in total. The van der Waals surface area contributed by atoms with E-state index in [-0.39, 0.29) is 41.8 Å². The number of rotatable bonds is 8. The highest BCUT2D eigenvalue weighted by atomic mass is 32.2. The number of nitrogens with zero attached hydrogens (tertiary/aromatic N) is 1. The summed E-state index contributed by atoms with van der Waals surface area (Å²) in [6, 6.07) is 11.6. The molecule has 2 amide bonds. The number of carbonyl (C=O) groups is 2. The molecule has 12 heteroatoms. The van der Waals surface area contributed by atoms with Crippen molar-refractivity contribution in [3.8, 4) is 0 Å². The van der Waals surface area contributed by atoms with Gasteiger partial charge < -0.3 is 10.6 Å². The predicted octanol–water partition coefficient (Wildman–Crippen LogP) is 1.21. The van der Waals surface area contributed by atoms with Gasteiger partial charge >= 0.3 is 0 Å². The SMILES string of the molecule is CCCS(=O)(=O)Nc1ccc(NC(=O)c2ccc(S(=O)(=O)N3CCNC(=O)C3)cc2)cc1. The van der Waals surface area contributed by atoms with Crippen LogP contribution in [0.1, 0.15) is 23.7 Å². The van der Waals surface area contributed by atoms with Crippen LogP contribution >= 0.6 is 0 Å². The molecule has 0 atom stereocenters. The van der Waals surface area contributed by atoms with Gasteiger partial charge in [0.05, 0.1) is 17.2 Å². The molecule has 0 unspecified atom stereocenters. The molecular weight excluding hydrogens is 456 g/mol. The van der Waals surface area contributed by atoms with Gasteiger partial charge in [-0.15, -0.1) is 0 Å². The molecule has 3 N–H and O–H groups in total. The smallest absolute Gasteiger partial charge is 0.255 e. The molecule has 0 aromatic heterocycles. The quantitative estimate of drug-likeness (QED) is 0.519. The summed E-state index contributed by atoms with van der Waals surface area (Å²) in [6.07, 6.45) is 0.497. The van der Waals surface area contributed by atoms with E-state index >= 15 is 0 Å². The summed E-state index contributed by atoms with van der Waals surface area (Å²) in [7, 11) is -7.24. The van der Waals surface area contributed by atoms with Crippen molar-refractivity contribution in [2.45, 2.75) is 18.2 Å². The lowest BCUT2D eigenvalue weighted by Crippen LogP contribution is -2.49. The molecule has 0 spiro atoms. The van der Waals surface area contributed by atoms with Crippen LogP contribution in [0.15, 0.2) is 53.4 Å². The van der Waals surface area contributed by atoms with Crippen molar-refractivity contribution in [3.63, 3.8) is 0 Å². The Morgan fingerprint density at radius 1 is 1.00 bits per heavy atom. The zero-order valence-corrected chi connectivity index (χ0v) is 19.0. The Bertz CT molecular complexity index is 1190. The third-order valence-electron chi connectivity index (χ3n) is 4.65. The molecule has 2 aromatic rings. The molecule has 0 bridgehead atoms. The second kappa shape index (κ2) is 9.67. The zero-order valence-electron chi connectivity index (χ0n) is 17.4. The van der Waals surface area contributed by atoms with Crippen LogP contribution < -0.4 is 15.4 Å². The normalized spacial score (nSPS) is 15.1. The zero-order chi connectivity index (χ0) is 23.4. The van der Waals surface area contributed by atoms with E-state index in [0.717, 1.165) is 4.31 Å². The number of anilines is 2. The van der Waals surface area contributed by atoms with E-state index in [4.69, 9.17) is 0 Å². The Balaban J connectivity index is 1.65. The van der Waals surface area contributed by atoms with Gasteiger partial charge in [0.1, 0.15) is 0 Å². The van der Waals surface area contributed by atoms with Crippen LogP contribution in [0.3, 0.4) is 0 Å². The molecule has 1 fully saturated rings. The predicted molar refractivity (Wildman–Crippen MR) is 120 cm³/mol. The topological polar surface area (TPSA) is 142 Å². The third-order valence-corrected chi connectivity index (χ3v) is 8.00. The lowest BCUT2D eigenvalue weighted by atomic mass is 10.2. The maximum atomic E-state index is 12.7. The summed E-state index contributed by atoms with van der Waals surface area (Å²) in [5, 5.41) is 5.24. The average Bonchev–Trinajstić information content (AvgIpc) is 2.75. The van der Waals surface area contributed by atoms with Crippen LogP contribution in [0.2, 0.25) is 0 Å². The lowest BCUT2D eigenvalue weighted by molar-refractivity contribution is -0.122. The molecular formula is C20H24N4O6S2. The minimum atomic E-state index is -3.84. The Kier molecular flexibility index (Phi) is 7.16. The fraction of sp³-hybridized carbons (Fsp3) is 0.300. The number of nitrogens with one attached hydrogen (secondary N) is 3. The van der Waals surface area contributed by atoms with E-state index in [1.165, 1.54) is 36.4 Å². The van der Waals surface area contributed by atoms with Gasteiger partial charge in [0.15, 0.2) is 0 Å². The molecule has 2 aromatic carbocycles. The number of sulfonamides is 2. The second-order valence-electron chi connectivity index (χ2n) is 7.17. The summed E-state index contributed by atoms with van der Waals surface area (Å²) < 4.78 is 52.5. The van der Waals surface area contributed by atoms with Crippen molar-refractivity contribution < 1.29 is 26.4 Å². The van der Waals surface area contributed by atoms with Crippen molar-refractivity contribution in [2.24, 2.45) is 0 Å². The van der Waals surface area contributed by atoms with Crippen molar-refractivity contribution in [2.75, 3.05) is 35.4 Å². The molecule has 172 valence electrons. The fourth-order valence-corrected chi connectivity index (χ4v) is 5.60. The first-order valence-electron chi connectivity index (χ1n) is 9.89. The van der Waals surface area contributed by atoms with E-state index in [9.17, 15) is 26.4 Å². The van der Waals surface area contributed by atoms with Crippen LogP contribution in [0, 0.1) is 0 Å². The molecule has 1 aliphatic heterocycles. The first-order valence-corrected chi connectivity index (χ1v) is 13.0. The Hall–Kier alpha value is -2.96. The van der Waals surface area contributed by atoms with Gasteiger partial charge in [-0.3, -0.25) is 14.3 Å². The van der Waals surface area contributed by atoms with Crippen LogP contribution in [-0.4, -0.2) is 58.3 Å². The third kappa shape index (κ3) is 5.84. The Labute approximate surface area is 187 Å². The molecule has 0 saturated carbocycles. The Morgan fingerprint density at radius 3 is 2.22 bits per heavy atom. The summed E-state index contributed by atoms with van der Waals surface area (Å²) in [4.78, 5) is 24.0. The van der Waals surface area contributed by atoms with Crippen molar-refractivity contribution >= 4 is 43.2 Å². The van der Waals surface area contributed by atoms with E-state index in [0.29, 0.717) is 17.8 Å². The van der Waals surface area contributed by atoms with E-state index < -0.39 is 26.0 Å². The lowest BCUT2D eigenvalue weighted by Gasteiger charge is -2.25. The minimum Gasteiger partial charge on any atom is -0.354 e. The average molecular weight is 481 g/mol. The van der Waals surface area contributed by atoms with Gasteiger partial charge in [0.25, 0.3) is 5.91 Å². The van der Waals surface area contributed by atoms with E-state index in [1.807, 2.05) is 0 Å². The Morgan fingerprint density at radius 2 is 1.62 bits per heavy atom. The van der Waals surface area contributed by atoms with E-state index in [2.05, 4.69) is 15.4 Å². The number of carbonyl (C=O) groups excluding carboxylic acids is 2. The van der Waals surface area contributed by atoms with Crippen molar-refractivity contribution in [3.05, 3.63) is 54.1 Å². The largest absolute Gasteiger partial charge is 0.354 e. The number of hydrogen-bond acceptors (Lipinski definition) is 6. The van der Waals surface area contributed by atoms with Crippen molar-refractivity contribution in [1.82, 2.24) is 9.62 Å². The standard InChI is InChI=1S/C20H24N4O6S2/c1-2-13-31(27,28)23-17-7-5-16(6-8-17)22-20(26)15-3-9-18(10-4-15)32(29,30)24-12-11-21-19(25)14-24/h3-10,23H,2,11-14H2,1H3,(H,21,25)(H,22,26). The number of hydrogen-bond donors (Lipinski definition) is 3. The molecule has 1 saturated heterocycles. The molecule has 32 heavy (non-hydrogen) atoms. The summed E-state index contributed by atoms with van der Waals surface area (Å²) in [6.45, 7) is 1.96. The molecule has 0 radical (unpaired) electrons. The molecule has 0 aliphatic carbocycles. The molecule has 3 rings (SSSR count). The number of amides is 2. The first-order chi connectivity index (χ1) is 15.1.